The molecule has 5 nitrogen and oxygen atoms in total. The highest BCUT2D eigenvalue weighted by molar-refractivity contribution is 6.97. The summed E-state index contributed by atoms with van der Waals surface area (Å²) in [5.41, 5.74) is 4.48. The van der Waals surface area contributed by atoms with Crippen molar-refractivity contribution < 1.29 is 14.0 Å². The number of fused-ring (bicyclic) bond motifs is 2. The van der Waals surface area contributed by atoms with Crippen LogP contribution in [0.5, 0.6) is 23.1 Å². The van der Waals surface area contributed by atoms with E-state index in [1.54, 1.807) is 6.20 Å². The summed E-state index contributed by atoms with van der Waals surface area (Å²) in [6.45, 7) is 0.0153. The maximum absolute atomic E-state index is 6.30. The molecule has 0 fully saturated rings. The molecule has 0 amide bonds. The van der Waals surface area contributed by atoms with E-state index in [0.717, 1.165) is 39.3 Å². The maximum atomic E-state index is 6.30. The van der Waals surface area contributed by atoms with Crippen molar-refractivity contribution in [1.82, 2.24) is 9.55 Å². The Hall–Kier alpha value is -4.32. The van der Waals surface area contributed by atoms with Crippen molar-refractivity contribution in [1.29, 1.82) is 0 Å². The molecule has 0 N–H and O–H groups in total. The van der Waals surface area contributed by atoms with Gasteiger partial charge in [0.25, 0.3) is 6.71 Å². The third-order valence-corrected chi connectivity index (χ3v) is 5.87. The van der Waals surface area contributed by atoms with E-state index in [9.17, 15) is 0 Å². The number of benzene rings is 3. The van der Waals surface area contributed by atoms with Crippen molar-refractivity contribution in [2.24, 2.45) is 7.05 Å². The van der Waals surface area contributed by atoms with E-state index in [1.807, 2.05) is 60.3 Å². The molecule has 0 spiro atoms. The van der Waals surface area contributed by atoms with Crippen LogP contribution in [0, 0.1) is 0 Å². The van der Waals surface area contributed by atoms with Crippen LogP contribution in [0.15, 0.2) is 110 Å². The molecule has 0 aliphatic carbocycles. The van der Waals surface area contributed by atoms with Crippen LogP contribution in [0.3, 0.4) is 0 Å². The van der Waals surface area contributed by atoms with E-state index in [-0.39, 0.29) is 6.71 Å². The summed E-state index contributed by atoms with van der Waals surface area (Å²) >= 11 is 0. The standard InChI is InChI=1S/C27H21BN3O2/c1-30-15-16-31(19-30)21-12-13-26-24(18-21)28(23-9-2-3-10-25(23)33-26)20-7-6-8-22(17-20)32-27-11-4-5-14-29-27/h2-19H,1H3/q+1. The second-order valence-electron chi connectivity index (χ2n) is 8.12. The first-order chi connectivity index (χ1) is 16.2. The van der Waals surface area contributed by atoms with Crippen molar-refractivity contribution >= 4 is 23.1 Å². The van der Waals surface area contributed by atoms with Gasteiger partial charge in [-0.15, -0.1) is 0 Å². The molecule has 0 unspecified atom stereocenters. The summed E-state index contributed by atoms with van der Waals surface area (Å²) in [7, 11) is 2.02. The van der Waals surface area contributed by atoms with Gasteiger partial charge in [-0.2, -0.15) is 0 Å². The number of pyridine rings is 1. The van der Waals surface area contributed by atoms with E-state index >= 15 is 0 Å². The summed E-state index contributed by atoms with van der Waals surface area (Å²) in [6.07, 6.45) is 7.86. The predicted molar refractivity (Wildman–Crippen MR) is 129 cm³/mol. The topological polar surface area (TPSA) is 40.2 Å². The van der Waals surface area contributed by atoms with Gasteiger partial charge in [-0.05, 0) is 53.4 Å². The number of nitrogens with zero attached hydrogens (tertiary/aromatic N) is 3. The van der Waals surface area contributed by atoms with Gasteiger partial charge < -0.3 is 9.47 Å². The number of hydrogen-bond acceptors (Lipinski definition) is 3. The van der Waals surface area contributed by atoms with Crippen LogP contribution in [0.4, 0.5) is 0 Å². The third kappa shape index (κ3) is 3.66. The summed E-state index contributed by atoms with van der Waals surface area (Å²) in [5, 5.41) is 0. The summed E-state index contributed by atoms with van der Waals surface area (Å²) < 4.78 is 16.5. The van der Waals surface area contributed by atoms with Crippen LogP contribution in [0.2, 0.25) is 0 Å². The van der Waals surface area contributed by atoms with Gasteiger partial charge in [0.05, 0.1) is 7.05 Å². The lowest BCUT2D eigenvalue weighted by Gasteiger charge is -2.27. The van der Waals surface area contributed by atoms with E-state index in [1.165, 1.54) is 0 Å². The molecule has 0 bridgehead atoms. The van der Waals surface area contributed by atoms with E-state index in [4.69, 9.17) is 9.47 Å². The SMILES string of the molecule is C[n+]1ccn(-c2ccc3c(c2)B(c2cccc(Oc4ccccn4)c2)c2ccccc2O3)c1. The monoisotopic (exact) mass is 430 g/mol. The van der Waals surface area contributed by atoms with Crippen molar-refractivity contribution in [3.05, 3.63) is 110 Å². The largest absolute Gasteiger partial charge is 0.458 e. The molecule has 1 aliphatic rings. The number of aromatic nitrogens is 3. The minimum atomic E-state index is 0.0153. The highest BCUT2D eigenvalue weighted by Crippen LogP contribution is 2.26. The lowest BCUT2D eigenvalue weighted by Crippen LogP contribution is -2.54. The number of rotatable bonds is 4. The number of imidazole rings is 1. The summed E-state index contributed by atoms with van der Waals surface area (Å²) in [6, 6.07) is 28.5. The predicted octanol–water partition coefficient (Wildman–Crippen LogP) is 3.11. The first-order valence-electron chi connectivity index (χ1n) is 10.9. The molecule has 1 aliphatic heterocycles. The molecule has 0 atom stereocenters. The molecule has 0 saturated heterocycles. The number of aryl methyl sites for hydroxylation is 1. The Kier molecular flexibility index (Phi) is 4.69. The first kappa shape index (κ1) is 19.4. The molecular weight excluding hydrogens is 409 g/mol. The zero-order valence-electron chi connectivity index (χ0n) is 18.1. The zero-order valence-corrected chi connectivity index (χ0v) is 18.1. The molecule has 2 aromatic heterocycles. The quantitative estimate of drug-likeness (QED) is 0.319. The van der Waals surface area contributed by atoms with Crippen molar-refractivity contribution in [3.63, 3.8) is 0 Å². The Morgan fingerprint density at radius 1 is 0.879 bits per heavy atom. The van der Waals surface area contributed by atoms with Gasteiger partial charge in [-0.1, -0.05) is 41.9 Å². The molecule has 0 radical (unpaired) electrons. The van der Waals surface area contributed by atoms with Crippen LogP contribution < -0.4 is 30.4 Å². The molecule has 5 aromatic rings. The second-order valence-corrected chi connectivity index (χ2v) is 8.12. The second kappa shape index (κ2) is 7.99. The van der Waals surface area contributed by atoms with Gasteiger partial charge in [-0.25, -0.2) is 14.1 Å². The van der Waals surface area contributed by atoms with Crippen molar-refractivity contribution in [2.45, 2.75) is 0 Å². The third-order valence-electron chi connectivity index (χ3n) is 5.87. The Bertz CT molecular complexity index is 1450. The number of ether oxygens (including phenoxy) is 2. The molecule has 3 aromatic carbocycles. The van der Waals surface area contributed by atoms with Gasteiger partial charge in [0, 0.05) is 12.3 Å². The van der Waals surface area contributed by atoms with Gasteiger partial charge in [0.1, 0.15) is 35.3 Å². The van der Waals surface area contributed by atoms with Crippen molar-refractivity contribution in [3.8, 4) is 28.8 Å². The molecule has 33 heavy (non-hydrogen) atoms. The fourth-order valence-electron chi connectivity index (χ4n) is 4.36. The van der Waals surface area contributed by atoms with Crippen LogP contribution in [0.25, 0.3) is 5.69 Å². The maximum Gasteiger partial charge on any atom is 0.251 e. The number of hydrogen-bond donors (Lipinski definition) is 0. The minimum Gasteiger partial charge on any atom is -0.458 e. The highest BCUT2D eigenvalue weighted by Gasteiger charge is 2.33. The van der Waals surface area contributed by atoms with Gasteiger partial charge in [-0.3, -0.25) is 0 Å². The summed E-state index contributed by atoms with van der Waals surface area (Å²) in [5.74, 6) is 3.08. The molecule has 6 heteroatoms. The average molecular weight is 430 g/mol. The van der Waals surface area contributed by atoms with E-state index in [0.29, 0.717) is 5.88 Å². The van der Waals surface area contributed by atoms with Crippen LogP contribution in [-0.4, -0.2) is 16.3 Å². The molecule has 158 valence electrons. The minimum absolute atomic E-state index is 0.0153. The lowest BCUT2D eigenvalue weighted by atomic mass is 9.36. The Morgan fingerprint density at radius 3 is 2.61 bits per heavy atom. The van der Waals surface area contributed by atoms with Gasteiger partial charge in [0.2, 0.25) is 12.2 Å². The molecule has 0 saturated carbocycles. The van der Waals surface area contributed by atoms with Crippen LogP contribution in [0.1, 0.15) is 0 Å². The Labute approximate surface area is 192 Å². The van der Waals surface area contributed by atoms with Crippen LogP contribution >= 0.6 is 0 Å². The zero-order chi connectivity index (χ0) is 22.2. The average Bonchev–Trinajstić information content (AvgIpc) is 3.29. The van der Waals surface area contributed by atoms with E-state index < -0.39 is 0 Å². The van der Waals surface area contributed by atoms with Crippen LogP contribution in [-0.2, 0) is 7.05 Å². The fourth-order valence-corrected chi connectivity index (χ4v) is 4.36. The molecule has 3 heterocycles. The Balaban J connectivity index is 1.47. The summed E-state index contributed by atoms with van der Waals surface area (Å²) in [4.78, 5) is 4.29. The van der Waals surface area contributed by atoms with Gasteiger partial charge in [0.15, 0.2) is 0 Å². The lowest BCUT2D eigenvalue weighted by molar-refractivity contribution is -0.670. The highest BCUT2D eigenvalue weighted by atomic mass is 16.5. The van der Waals surface area contributed by atoms with Gasteiger partial charge >= 0.3 is 0 Å². The first-order valence-corrected chi connectivity index (χ1v) is 10.9. The normalized spacial score (nSPS) is 12.0. The fraction of sp³-hybridized carbons (Fsp3) is 0.0370. The Morgan fingerprint density at radius 2 is 1.76 bits per heavy atom. The molecular formula is C27H21BN3O2+. The molecule has 6 rings (SSSR count). The smallest absolute Gasteiger partial charge is 0.251 e. The van der Waals surface area contributed by atoms with E-state index in [2.05, 4.69) is 64.5 Å². The van der Waals surface area contributed by atoms with Crippen molar-refractivity contribution in [2.75, 3.05) is 0 Å². The number of para-hydroxylation sites is 1.